The normalized spacial score (nSPS) is 12.5. The second-order valence-electron chi connectivity index (χ2n) is 4.46. The van der Waals surface area contributed by atoms with Gasteiger partial charge in [-0.3, -0.25) is 4.79 Å². The van der Waals surface area contributed by atoms with Crippen LogP contribution in [0.5, 0.6) is 0 Å². The third kappa shape index (κ3) is 3.64. The number of halogens is 1. The maximum Gasteiger partial charge on any atom is 0.313 e. The first-order chi connectivity index (χ1) is 7.93. The zero-order valence-electron chi connectivity index (χ0n) is 11.1. The van der Waals surface area contributed by atoms with Gasteiger partial charge in [0.15, 0.2) is 0 Å². The topological polar surface area (TPSA) is 52.3 Å². The Labute approximate surface area is 119 Å². The highest BCUT2D eigenvalue weighted by atomic mass is 35.5. The summed E-state index contributed by atoms with van der Waals surface area (Å²) < 4.78 is 4.78. The second kappa shape index (κ2) is 7.02. The van der Waals surface area contributed by atoms with Crippen molar-refractivity contribution in [1.82, 2.24) is 0 Å². The number of benzene rings is 1. The van der Waals surface area contributed by atoms with E-state index in [1.54, 1.807) is 25.6 Å². The molecule has 0 fully saturated rings. The van der Waals surface area contributed by atoms with Gasteiger partial charge in [0.25, 0.3) is 0 Å². The van der Waals surface area contributed by atoms with Crippen molar-refractivity contribution in [1.29, 1.82) is 0 Å². The predicted octanol–water partition coefficient (Wildman–Crippen LogP) is 3.03. The van der Waals surface area contributed by atoms with Crippen molar-refractivity contribution in [2.75, 3.05) is 13.4 Å². The van der Waals surface area contributed by atoms with Crippen LogP contribution in [0.15, 0.2) is 29.2 Å². The van der Waals surface area contributed by atoms with Crippen molar-refractivity contribution in [3.05, 3.63) is 29.8 Å². The molecule has 0 aliphatic rings. The smallest absolute Gasteiger partial charge is 0.313 e. The molecule has 0 unspecified atom stereocenters. The molecule has 1 rings (SSSR count). The van der Waals surface area contributed by atoms with Crippen LogP contribution >= 0.6 is 24.2 Å². The summed E-state index contributed by atoms with van der Waals surface area (Å²) in [6, 6.07) is 7.56. The van der Waals surface area contributed by atoms with Crippen LogP contribution in [0.25, 0.3) is 0 Å². The molecule has 2 N–H and O–H groups in total. The fourth-order valence-electron chi connectivity index (χ4n) is 1.62. The van der Waals surface area contributed by atoms with Gasteiger partial charge in [-0.25, -0.2) is 0 Å². The predicted molar refractivity (Wildman–Crippen MR) is 78.2 cm³/mol. The van der Waals surface area contributed by atoms with Gasteiger partial charge >= 0.3 is 5.97 Å². The van der Waals surface area contributed by atoms with E-state index in [-0.39, 0.29) is 24.4 Å². The zero-order chi connectivity index (χ0) is 13.1. The van der Waals surface area contributed by atoms with E-state index >= 15 is 0 Å². The second-order valence-corrected chi connectivity index (χ2v) is 5.34. The first-order valence-electron chi connectivity index (χ1n) is 5.41. The standard InChI is InChI=1S/C13H19NO2S.ClH/c1-13(2,12(15)16-3)11(14)9-5-7-10(17-4)8-6-9;/h5-8,11H,14H2,1-4H3;1H/t11-;/m1./s1. The minimum atomic E-state index is -0.727. The molecule has 0 amide bonds. The average Bonchev–Trinajstić information content (AvgIpc) is 2.36. The number of hydrogen-bond acceptors (Lipinski definition) is 4. The fraction of sp³-hybridized carbons (Fsp3) is 0.462. The van der Waals surface area contributed by atoms with Crippen molar-refractivity contribution in [3.63, 3.8) is 0 Å². The molecule has 5 heteroatoms. The van der Waals surface area contributed by atoms with Gasteiger partial charge in [0.05, 0.1) is 12.5 Å². The lowest BCUT2D eigenvalue weighted by Gasteiger charge is -2.29. The molecule has 0 bridgehead atoms. The van der Waals surface area contributed by atoms with Crippen molar-refractivity contribution in [3.8, 4) is 0 Å². The molecule has 1 aromatic carbocycles. The van der Waals surface area contributed by atoms with Gasteiger partial charge in [-0.15, -0.1) is 24.2 Å². The number of rotatable bonds is 4. The third-order valence-electron chi connectivity index (χ3n) is 2.96. The highest BCUT2D eigenvalue weighted by Gasteiger charge is 2.36. The minimum Gasteiger partial charge on any atom is -0.469 e. The van der Waals surface area contributed by atoms with Crippen molar-refractivity contribution < 1.29 is 9.53 Å². The van der Waals surface area contributed by atoms with Gasteiger partial charge < -0.3 is 10.5 Å². The molecule has 102 valence electrons. The van der Waals surface area contributed by atoms with E-state index in [4.69, 9.17) is 10.5 Å². The van der Waals surface area contributed by atoms with E-state index in [1.165, 1.54) is 12.0 Å². The summed E-state index contributed by atoms with van der Waals surface area (Å²) in [6.07, 6.45) is 2.02. The van der Waals surface area contributed by atoms with Crippen LogP contribution in [0.4, 0.5) is 0 Å². The molecular weight excluding hydrogens is 270 g/mol. The quantitative estimate of drug-likeness (QED) is 0.684. The summed E-state index contributed by atoms with van der Waals surface area (Å²) in [6.45, 7) is 3.60. The van der Waals surface area contributed by atoms with E-state index in [0.717, 1.165) is 5.56 Å². The molecule has 0 aromatic heterocycles. The molecule has 0 radical (unpaired) electrons. The average molecular weight is 290 g/mol. The van der Waals surface area contributed by atoms with Crippen LogP contribution in [-0.4, -0.2) is 19.3 Å². The van der Waals surface area contributed by atoms with Crippen molar-refractivity contribution in [2.45, 2.75) is 24.8 Å². The largest absolute Gasteiger partial charge is 0.469 e. The summed E-state index contributed by atoms with van der Waals surface area (Å²) in [5.41, 5.74) is 6.35. The van der Waals surface area contributed by atoms with Gasteiger partial charge in [-0.2, -0.15) is 0 Å². The number of methoxy groups -OCH3 is 1. The molecule has 18 heavy (non-hydrogen) atoms. The summed E-state index contributed by atoms with van der Waals surface area (Å²) in [7, 11) is 1.38. The number of nitrogens with two attached hydrogens (primary N) is 1. The van der Waals surface area contributed by atoms with Crippen LogP contribution in [0.3, 0.4) is 0 Å². The van der Waals surface area contributed by atoms with Crippen LogP contribution in [-0.2, 0) is 9.53 Å². The summed E-state index contributed by atoms with van der Waals surface area (Å²) in [5.74, 6) is -0.293. The van der Waals surface area contributed by atoms with E-state index in [9.17, 15) is 4.79 Å². The maximum absolute atomic E-state index is 11.7. The molecule has 3 nitrogen and oxygen atoms in total. The van der Waals surface area contributed by atoms with Gasteiger partial charge in [0.2, 0.25) is 0 Å². The Morgan fingerprint density at radius 3 is 2.22 bits per heavy atom. The van der Waals surface area contributed by atoms with Gasteiger partial charge in [-0.05, 0) is 37.8 Å². The molecule has 0 heterocycles. The third-order valence-corrected chi connectivity index (χ3v) is 3.71. The number of carbonyl (C=O) groups is 1. The Bertz CT molecular complexity index is 392. The first-order valence-corrected chi connectivity index (χ1v) is 6.64. The Balaban J connectivity index is 0.00000289. The molecule has 0 saturated carbocycles. The molecule has 0 spiro atoms. The lowest BCUT2D eigenvalue weighted by molar-refractivity contribution is -0.152. The lowest BCUT2D eigenvalue weighted by Crippen LogP contribution is -2.37. The SMILES string of the molecule is COC(=O)C(C)(C)[C@H](N)c1ccc(SC)cc1.Cl. The summed E-state index contributed by atoms with van der Waals surface area (Å²) >= 11 is 1.68. The van der Waals surface area contributed by atoms with Crippen molar-refractivity contribution in [2.24, 2.45) is 11.1 Å². The highest BCUT2D eigenvalue weighted by molar-refractivity contribution is 7.98. The lowest BCUT2D eigenvalue weighted by atomic mass is 9.81. The Morgan fingerprint density at radius 1 is 1.33 bits per heavy atom. The maximum atomic E-state index is 11.7. The van der Waals surface area contributed by atoms with Gasteiger partial charge in [0, 0.05) is 10.9 Å². The van der Waals surface area contributed by atoms with E-state index in [2.05, 4.69) is 0 Å². The molecule has 0 aliphatic carbocycles. The van der Waals surface area contributed by atoms with Crippen LogP contribution in [0.2, 0.25) is 0 Å². The Hall–Kier alpha value is -0.710. The number of esters is 1. The zero-order valence-corrected chi connectivity index (χ0v) is 12.7. The summed E-state index contributed by atoms with van der Waals surface area (Å²) in [5, 5.41) is 0. The van der Waals surface area contributed by atoms with E-state index in [1.807, 2.05) is 30.5 Å². The summed E-state index contributed by atoms with van der Waals surface area (Å²) in [4.78, 5) is 12.8. The molecule has 0 saturated heterocycles. The number of ether oxygens (including phenoxy) is 1. The minimum absolute atomic E-state index is 0. The monoisotopic (exact) mass is 289 g/mol. The number of carbonyl (C=O) groups excluding carboxylic acids is 1. The Kier molecular flexibility index (Phi) is 6.74. The van der Waals surface area contributed by atoms with Gasteiger partial charge in [0.1, 0.15) is 0 Å². The number of thioether (sulfide) groups is 1. The first kappa shape index (κ1) is 17.3. The fourth-order valence-corrected chi connectivity index (χ4v) is 2.03. The number of hydrogen-bond donors (Lipinski definition) is 1. The Morgan fingerprint density at radius 2 is 1.83 bits per heavy atom. The van der Waals surface area contributed by atoms with Crippen LogP contribution < -0.4 is 5.73 Å². The van der Waals surface area contributed by atoms with Crippen LogP contribution in [0.1, 0.15) is 25.5 Å². The highest BCUT2D eigenvalue weighted by Crippen LogP contribution is 2.33. The van der Waals surface area contributed by atoms with E-state index < -0.39 is 5.41 Å². The van der Waals surface area contributed by atoms with Gasteiger partial charge in [-0.1, -0.05) is 12.1 Å². The molecule has 1 atom stereocenters. The van der Waals surface area contributed by atoms with Crippen LogP contribution in [0, 0.1) is 5.41 Å². The molecule has 0 aliphatic heterocycles. The van der Waals surface area contributed by atoms with E-state index in [0.29, 0.717) is 0 Å². The van der Waals surface area contributed by atoms with Crippen molar-refractivity contribution >= 4 is 30.1 Å². The molecular formula is C13H20ClNO2S. The molecule has 1 aromatic rings.